The normalized spacial score (nSPS) is 11.6. The van der Waals surface area contributed by atoms with Gasteiger partial charge in [-0.15, -0.1) is 4.68 Å². The second kappa shape index (κ2) is 5.92. The predicted molar refractivity (Wildman–Crippen MR) is 86.1 cm³/mol. The maximum absolute atomic E-state index is 12.1. The monoisotopic (exact) mass is 335 g/mol. The fraction of sp³-hybridized carbons (Fsp3) is 0.267. The summed E-state index contributed by atoms with van der Waals surface area (Å²) in [5.41, 5.74) is 1.12. The molecule has 0 aliphatic rings. The molecule has 0 saturated heterocycles. The number of ether oxygens (including phenoxy) is 1. The van der Waals surface area contributed by atoms with E-state index in [2.05, 4.69) is 10.4 Å². The van der Waals surface area contributed by atoms with E-state index in [0.717, 1.165) is 10.2 Å². The van der Waals surface area contributed by atoms with Crippen LogP contribution in [0.3, 0.4) is 0 Å². The molecule has 0 fully saturated rings. The summed E-state index contributed by atoms with van der Waals surface area (Å²) < 4.78 is 17.5. The number of para-hydroxylation sites is 1. The fourth-order valence-electron chi connectivity index (χ4n) is 2.30. The van der Waals surface area contributed by atoms with Gasteiger partial charge >= 0.3 is 5.69 Å². The quantitative estimate of drug-likeness (QED) is 0.729. The van der Waals surface area contributed by atoms with Crippen molar-refractivity contribution in [3.63, 3.8) is 0 Å². The van der Waals surface area contributed by atoms with Crippen LogP contribution in [0.1, 0.15) is 12.5 Å². The number of hydrogen-bond donors (Lipinski definition) is 0. The van der Waals surface area contributed by atoms with Crippen LogP contribution in [0.5, 0.6) is 5.75 Å². The van der Waals surface area contributed by atoms with Gasteiger partial charge in [0.05, 0.1) is 12.0 Å². The summed E-state index contributed by atoms with van der Waals surface area (Å²) in [7, 11) is 3.30. The SMILES string of the molecule is [3H]c1ccc(OCc2c(Cl)cn(C)c2-n2nnn(C)c2=O)c(C)c1. The van der Waals surface area contributed by atoms with E-state index >= 15 is 0 Å². The molecule has 0 bridgehead atoms. The third kappa shape index (κ3) is 2.75. The maximum atomic E-state index is 12.1. The lowest BCUT2D eigenvalue weighted by atomic mass is 10.2. The van der Waals surface area contributed by atoms with E-state index in [1.54, 1.807) is 36.0 Å². The topological polar surface area (TPSA) is 66.9 Å². The molecule has 3 rings (SSSR count). The summed E-state index contributed by atoms with van der Waals surface area (Å²) in [4.78, 5) is 12.1. The van der Waals surface area contributed by atoms with Gasteiger partial charge in [-0.05, 0) is 29.0 Å². The van der Waals surface area contributed by atoms with Crippen LogP contribution >= 0.6 is 11.6 Å². The number of nitrogens with zero attached hydrogens (tertiary/aromatic N) is 5. The molecule has 0 saturated carbocycles. The lowest BCUT2D eigenvalue weighted by molar-refractivity contribution is 0.303. The third-order valence-corrected chi connectivity index (χ3v) is 3.84. The van der Waals surface area contributed by atoms with Crippen LogP contribution in [0.4, 0.5) is 0 Å². The Morgan fingerprint density at radius 1 is 1.35 bits per heavy atom. The zero-order chi connectivity index (χ0) is 17.4. The first-order valence-electron chi connectivity index (χ1n) is 7.41. The van der Waals surface area contributed by atoms with Gasteiger partial charge in [-0.3, -0.25) is 0 Å². The standard InChI is InChI=1S/C15H16ClN5O2/c1-10-6-4-5-7-13(10)23-9-11-12(16)8-19(2)14(11)21-15(22)20(3)17-18-21/h4-8H,9H2,1-3H3/i4T. The van der Waals surface area contributed by atoms with Gasteiger partial charge in [0.1, 0.15) is 18.2 Å². The summed E-state index contributed by atoms with van der Waals surface area (Å²) in [6.07, 6.45) is 1.69. The lowest BCUT2D eigenvalue weighted by Crippen LogP contribution is -2.24. The number of halogens is 1. The Morgan fingerprint density at radius 2 is 2.13 bits per heavy atom. The molecule has 3 aromatic rings. The zero-order valence-electron chi connectivity index (χ0n) is 13.9. The summed E-state index contributed by atoms with van der Waals surface area (Å²) in [5, 5.41) is 8.06. The number of aryl methyl sites for hydroxylation is 3. The van der Waals surface area contributed by atoms with Crippen LogP contribution in [0, 0.1) is 6.92 Å². The molecule has 0 amide bonds. The molecular formula is C15H16ClN5O2. The smallest absolute Gasteiger partial charge is 0.369 e. The van der Waals surface area contributed by atoms with Crippen molar-refractivity contribution >= 4 is 11.6 Å². The van der Waals surface area contributed by atoms with E-state index in [4.69, 9.17) is 17.7 Å². The van der Waals surface area contributed by atoms with Gasteiger partial charge in [-0.2, -0.15) is 4.68 Å². The van der Waals surface area contributed by atoms with Crippen LogP contribution in [0.25, 0.3) is 5.82 Å². The molecule has 0 spiro atoms. The van der Waals surface area contributed by atoms with Crippen molar-refractivity contribution in [2.24, 2.45) is 14.1 Å². The van der Waals surface area contributed by atoms with Crippen molar-refractivity contribution < 1.29 is 6.11 Å². The van der Waals surface area contributed by atoms with Gasteiger partial charge in [-0.25, -0.2) is 4.79 Å². The highest BCUT2D eigenvalue weighted by molar-refractivity contribution is 6.31. The van der Waals surface area contributed by atoms with Gasteiger partial charge in [0.15, 0.2) is 0 Å². The molecule has 0 N–H and O–H groups in total. The molecule has 2 heterocycles. The van der Waals surface area contributed by atoms with Crippen LogP contribution in [-0.4, -0.2) is 24.4 Å². The Morgan fingerprint density at radius 3 is 2.78 bits per heavy atom. The largest absolute Gasteiger partial charge is 0.488 e. The Hall–Kier alpha value is -2.54. The van der Waals surface area contributed by atoms with Crippen molar-refractivity contribution in [3.05, 3.63) is 57.1 Å². The Labute approximate surface area is 139 Å². The summed E-state index contributed by atoms with van der Waals surface area (Å²) in [6, 6.07) is 5.53. The minimum Gasteiger partial charge on any atom is -0.488 e. The summed E-state index contributed by atoms with van der Waals surface area (Å²) in [6.45, 7) is 2.03. The van der Waals surface area contributed by atoms with Gasteiger partial charge in [0.25, 0.3) is 0 Å². The molecule has 7 nitrogen and oxygen atoms in total. The summed E-state index contributed by atoms with van der Waals surface area (Å²) >= 11 is 6.29. The van der Waals surface area contributed by atoms with Crippen LogP contribution in [-0.2, 0) is 20.7 Å². The van der Waals surface area contributed by atoms with Gasteiger partial charge in [-0.1, -0.05) is 29.8 Å². The van der Waals surface area contributed by atoms with Gasteiger partial charge in [0.2, 0.25) is 0 Å². The lowest BCUT2D eigenvalue weighted by Gasteiger charge is -2.10. The van der Waals surface area contributed by atoms with Crippen molar-refractivity contribution in [2.45, 2.75) is 13.5 Å². The molecule has 0 unspecified atom stereocenters. The fourth-order valence-corrected chi connectivity index (χ4v) is 2.58. The van der Waals surface area contributed by atoms with Crippen LogP contribution in [0.2, 0.25) is 5.02 Å². The molecule has 8 heteroatoms. The number of tetrazole rings is 1. The average Bonchev–Trinajstić information content (AvgIpc) is 2.98. The molecule has 0 atom stereocenters. The van der Waals surface area contributed by atoms with E-state index in [9.17, 15) is 4.79 Å². The summed E-state index contributed by atoms with van der Waals surface area (Å²) in [5.74, 6) is 1.16. The van der Waals surface area contributed by atoms with Crippen LogP contribution in [0.15, 0.2) is 35.2 Å². The molecular weight excluding hydrogens is 318 g/mol. The Balaban J connectivity index is 1.97. The average molecular weight is 336 g/mol. The van der Waals surface area contributed by atoms with E-state index in [1.807, 2.05) is 6.92 Å². The number of benzene rings is 1. The van der Waals surface area contributed by atoms with Crippen molar-refractivity contribution in [1.82, 2.24) is 24.4 Å². The molecule has 0 aliphatic carbocycles. The van der Waals surface area contributed by atoms with E-state index in [1.165, 1.54) is 11.7 Å². The maximum Gasteiger partial charge on any atom is 0.369 e. The first-order valence-corrected chi connectivity index (χ1v) is 7.29. The first-order chi connectivity index (χ1) is 11.4. The van der Waals surface area contributed by atoms with E-state index < -0.39 is 0 Å². The second-order valence-electron chi connectivity index (χ2n) is 5.17. The van der Waals surface area contributed by atoms with Crippen LogP contribution < -0.4 is 10.4 Å². The zero-order valence-corrected chi connectivity index (χ0v) is 13.7. The number of rotatable bonds is 4. The number of hydrogen-bond acceptors (Lipinski definition) is 4. The van der Waals surface area contributed by atoms with Crippen molar-refractivity contribution in [2.75, 3.05) is 0 Å². The Bertz CT molecular complexity index is 959. The molecule has 2 aromatic heterocycles. The van der Waals surface area contributed by atoms with E-state index in [-0.39, 0.29) is 12.3 Å². The highest BCUT2D eigenvalue weighted by atomic mass is 35.5. The highest BCUT2D eigenvalue weighted by Gasteiger charge is 2.19. The first kappa shape index (κ1) is 14.1. The molecule has 0 radical (unpaired) electrons. The molecule has 23 heavy (non-hydrogen) atoms. The minimum atomic E-state index is -0.371. The molecule has 0 aliphatic heterocycles. The number of aromatic nitrogens is 5. The minimum absolute atomic E-state index is 0.163. The van der Waals surface area contributed by atoms with Crippen molar-refractivity contribution in [3.8, 4) is 11.6 Å². The predicted octanol–water partition coefficient (Wildman–Crippen LogP) is 1.85. The van der Waals surface area contributed by atoms with E-state index in [0.29, 0.717) is 28.2 Å². The Kier molecular flexibility index (Phi) is 3.63. The highest BCUT2D eigenvalue weighted by Crippen LogP contribution is 2.26. The molecule has 120 valence electrons. The second-order valence-corrected chi connectivity index (χ2v) is 5.57. The third-order valence-electron chi connectivity index (χ3n) is 3.51. The van der Waals surface area contributed by atoms with Gasteiger partial charge < -0.3 is 9.30 Å². The van der Waals surface area contributed by atoms with Crippen molar-refractivity contribution in [1.29, 1.82) is 0 Å². The van der Waals surface area contributed by atoms with Gasteiger partial charge in [0, 0.05) is 20.3 Å². The molecule has 1 aromatic carbocycles.